The van der Waals surface area contributed by atoms with Crippen molar-refractivity contribution in [3.8, 4) is 5.75 Å². The molecule has 0 aliphatic carbocycles. The number of anilines is 2. The smallest absolute Gasteiger partial charge is 0.252 e. The van der Waals surface area contributed by atoms with Crippen LogP contribution in [0.4, 0.5) is 11.4 Å². The standard InChI is InChI=1S/C18H23N3O3/c1-3-24-17-8-5-4-7-16(17)21-15-11-14(12-19-13-15)18(22)20-9-6-10-23-2/h4-5,7-8,11-13,21H,3,6,9-10H2,1-2H3,(H,20,22). The van der Waals surface area contributed by atoms with Gasteiger partial charge in [0.15, 0.2) is 0 Å². The topological polar surface area (TPSA) is 72.5 Å². The molecular formula is C18H23N3O3. The van der Waals surface area contributed by atoms with Gasteiger partial charge in [0, 0.05) is 26.5 Å². The van der Waals surface area contributed by atoms with Crippen LogP contribution < -0.4 is 15.4 Å². The third-order valence-electron chi connectivity index (χ3n) is 3.28. The molecule has 0 atom stereocenters. The maximum absolute atomic E-state index is 12.1. The van der Waals surface area contributed by atoms with Crippen molar-refractivity contribution >= 4 is 17.3 Å². The third kappa shape index (κ3) is 5.24. The second kappa shape index (κ2) is 9.52. The van der Waals surface area contributed by atoms with Gasteiger partial charge in [0.25, 0.3) is 5.91 Å². The molecule has 24 heavy (non-hydrogen) atoms. The molecule has 1 aromatic heterocycles. The van der Waals surface area contributed by atoms with Gasteiger partial charge in [0.1, 0.15) is 5.75 Å². The minimum Gasteiger partial charge on any atom is -0.492 e. The van der Waals surface area contributed by atoms with Gasteiger partial charge in [-0.25, -0.2) is 0 Å². The second-order valence-electron chi connectivity index (χ2n) is 5.12. The number of carbonyl (C=O) groups is 1. The van der Waals surface area contributed by atoms with Crippen molar-refractivity contribution in [3.05, 3.63) is 48.3 Å². The van der Waals surface area contributed by atoms with Crippen LogP contribution in [0.25, 0.3) is 0 Å². The van der Waals surface area contributed by atoms with Gasteiger partial charge in [-0.2, -0.15) is 0 Å². The minimum absolute atomic E-state index is 0.152. The maximum atomic E-state index is 12.1. The predicted octanol–water partition coefficient (Wildman–Crippen LogP) is 2.99. The van der Waals surface area contributed by atoms with Crippen molar-refractivity contribution < 1.29 is 14.3 Å². The number of ether oxygens (including phenoxy) is 2. The Morgan fingerprint density at radius 3 is 2.88 bits per heavy atom. The lowest BCUT2D eigenvalue weighted by molar-refractivity contribution is 0.0948. The van der Waals surface area contributed by atoms with Crippen LogP contribution in [-0.4, -0.2) is 37.8 Å². The van der Waals surface area contributed by atoms with Gasteiger partial charge < -0.3 is 20.1 Å². The van der Waals surface area contributed by atoms with Crippen molar-refractivity contribution in [1.29, 1.82) is 0 Å². The van der Waals surface area contributed by atoms with Crippen LogP contribution in [0.1, 0.15) is 23.7 Å². The molecule has 0 saturated heterocycles. The van der Waals surface area contributed by atoms with E-state index in [4.69, 9.17) is 9.47 Å². The highest BCUT2D eigenvalue weighted by molar-refractivity contribution is 5.94. The number of amides is 1. The summed E-state index contributed by atoms with van der Waals surface area (Å²) in [6.07, 6.45) is 3.99. The number of carbonyl (C=O) groups excluding carboxylic acids is 1. The van der Waals surface area contributed by atoms with Gasteiger partial charge in [-0.05, 0) is 31.5 Å². The number of nitrogens with one attached hydrogen (secondary N) is 2. The highest BCUT2D eigenvalue weighted by Gasteiger charge is 2.08. The van der Waals surface area contributed by atoms with Gasteiger partial charge in [-0.1, -0.05) is 12.1 Å². The highest BCUT2D eigenvalue weighted by Crippen LogP contribution is 2.27. The van der Waals surface area contributed by atoms with Crippen molar-refractivity contribution in [2.24, 2.45) is 0 Å². The van der Waals surface area contributed by atoms with Gasteiger partial charge in [0.05, 0.1) is 29.7 Å². The zero-order valence-electron chi connectivity index (χ0n) is 14.0. The molecule has 0 radical (unpaired) electrons. The Labute approximate surface area is 142 Å². The fraction of sp³-hybridized carbons (Fsp3) is 0.333. The summed E-state index contributed by atoms with van der Waals surface area (Å²) in [7, 11) is 1.64. The minimum atomic E-state index is -0.152. The number of benzene rings is 1. The number of hydrogen-bond donors (Lipinski definition) is 2. The Balaban J connectivity index is 2.04. The molecule has 2 N–H and O–H groups in total. The highest BCUT2D eigenvalue weighted by atomic mass is 16.5. The molecule has 6 heteroatoms. The molecule has 0 bridgehead atoms. The summed E-state index contributed by atoms with van der Waals surface area (Å²) in [5, 5.41) is 6.09. The molecule has 1 heterocycles. The monoisotopic (exact) mass is 329 g/mol. The van der Waals surface area contributed by atoms with E-state index in [-0.39, 0.29) is 5.91 Å². The molecule has 1 aromatic carbocycles. The average Bonchev–Trinajstić information content (AvgIpc) is 2.61. The van der Waals surface area contributed by atoms with Crippen LogP contribution in [0, 0.1) is 0 Å². The van der Waals surface area contributed by atoms with E-state index in [1.165, 1.54) is 0 Å². The largest absolute Gasteiger partial charge is 0.492 e. The fourth-order valence-electron chi connectivity index (χ4n) is 2.16. The van der Waals surface area contributed by atoms with Crippen LogP contribution in [0.5, 0.6) is 5.75 Å². The fourth-order valence-corrected chi connectivity index (χ4v) is 2.16. The summed E-state index contributed by atoms with van der Waals surface area (Å²) >= 11 is 0. The van der Waals surface area contributed by atoms with Crippen molar-refractivity contribution in [3.63, 3.8) is 0 Å². The summed E-state index contributed by atoms with van der Waals surface area (Å²) in [6, 6.07) is 9.42. The van der Waals surface area contributed by atoms with E-state index in [0.29, 0.717) is 25.3 Å². The number of nitrogens with zero attached hydrogens (tertiary/aromatic N) is 1. The average molecular weight is 329 g/mol. The van der Waals surface area contributed by atoms with E-state index in [2.05, 4.69) is 15.6 Å². The van der Waals surface area contributed by atoms with Crippen molar-refractivity contribution in [2.45, 2.75) is 13.3 Å². The zero-order chi connectivity index (χ0) is 17.2. The Morgan fingerprint density at radius 1 is 1.25 bits per heavy atom. The number of pyridine rings is 1. The van der Waals surface area contributed by atoms with E-state index in [1.807, 2.05) is 31.2 Å². The molecule has 0 aliphatic rings. The normalized spacial score (nSPS) is 10.2. The Morgan fingerprint density at radius 2 is 2.08 bits per heavy atom. The van der Waals surface area contributed by atoms with E-state index >= 15 is 0 Å². The molecule has 128 valence electrons. The molecule has 0 unspecified atom stereocenters. The van der Waals surface area contributed by atoms with Crippen LogP contribution in [-0.2, 0) is 4.74 Å². The van der Waals surface area contributed by atoms with Crippen molar-refractivity contribution in [1.82, 2.24) is 10.3 Å². The predicted molar refractivity (Wildman–Crippen MR) is 94.0 cm³/mol. The molecule has 2 rings (SSSR count). The third-order valence-corrected chi connectivity index (χ3v) is 3.28. The zero-order valence-corrected chi connectivity index (χ0v) is 14.0. The van der Waals surface area contributed by atoms with Crippen molar-refractivity contribution in [2.75, 3.05) is 32.2 Å². The molecule has 0 saturated carbocycles. The summed E-state index contributed by atoms with van der Waals surface area (Å²) in [6.45, 7) is 3.71. The van der Waals surface area contributed by atoms with Gasteiger partial charge in [-0.15, -0.1) is 0 Å². The lowest BCUT2D eigenvalue weighted by atomic mass is 10.2. The van der Waals surface area contributed by atoms with E-state index in [9.17, 15) is 4.79 Å². The molecule has 0 aliphatic heterocycles. The Hall–Kier alpha value is -2.60. The van der Waals surface area contributed by atoms with Crippen LogP contribution in [0.3, 0.4) is 0 Å². The van der Waals surface area contributed by atoms with Crippen LogP contribution in [0.2, 0.25) is 0 Å². The van der Waals surface area contributed by atoms with E-state index in [0.717, 1.165) is 23.5 Å². The first kappa shape index (κ1) is 17.7. The molecular weight excluding hydrogens is 306 g/mol. The molecule has 2 aromatic rings. The van der Waals surface area contributed by atoms with Gasteiger partial charge in [0.2, 0.25) is 0 Å². The lowest BCUT2D eigenvalue weighted by Crippen LogP contribution is -2.25. The first-order valence-electron chi connectivity index (χ1n) is 7.95. The summed E-state index contributed by atoms with van der Waals surface area (Å²) in [4.78, 5) is 16.3. The quantitative estimate of drug-likeness (QED) is 0.692. The van der Waals surface area contributed by atoms with Crippen LogP contribution in [0.15, 0.2) is 42.7 Å². The first-order valence-corrected chi connectivity index (χ1v) is 7.95. The number of methoxy groups -OCH3 is 1. The SMILES string of the molecule is CCOc1ccccc1Nc1cncc(C(=O)NCCCOC)c1. The van der Waals surface area contributed by atoms with Gasteiger partial charge in [-0.3, -0.25) is 9.78 Å². The Bertz CT molecular complexity index is 661. The molecule has 0 spiro atoms. The molecule has 6 nitrogen and oxygen atoms in total. The lowest BCUT2D eigenvalue weighted by Gasteiger charge is -2.12. The molecule has 0 fully saturated rings. The number of hydrogen-bond acceptors (Lipinski definition) is 5. The van der Waals surface area contributed by atoms with E-state index in [1.54, 1.807) is 25.6 Å². The molecule has 1 amide bonds. The summed E-state index contributed by atoms with van der Waals surface area (Å²) in [5.74, 6) is 0.606. The van der Waals surface area contributed by atoms with E-state index < -0.39 is 0 Å². The number of rotatable bonds is 9. The summed E-state index contributed by atoms with van der Waals surface area (Å²) < 4.78 is 10.5. The summed E-state index contributed by atoms with van der Waals surface area (Å²) in [5.41, 5.74) is 2.07. The second-order valence-corrected chi connectivity index (χ2v) is 5.12. The number of para-hydroxylation sites is 2. The Kier molecular flexibility index (Phi) is 7.04. The maximum Gasteiger partial charge on any atom is 0.252 e. The van der Waals surface area contributed by atoms with Gasteiger partial charge >= 0.3 is 0 Å². The first-order chi connectivity index (χ1) is 11.7. The number of aromatic nitrogens is 1. The van der Waals surface area contributed by atoms with Crippen LogP contribution >= 0.6 is 0 Å².